The molecule has 0 saturated heterocycles. The highest BCUT2D eigenvalue weighted by atomic mass is 35.5. The van der Waals surface area contributed by atoms with Crippen molar-refractivity contribution in [3.05, 3.63) is 22.4 Å². The lowest BCUT2D eigenvalue weighted by molar-refractivity contribution is -0.134. The number of ether oxygens (including phenoxy) is 1. The molecule has 0 aliphatic heterocycles. The molecule has 0 saturated carbocycles. The molecule has 0 bridgehead atoms. The van der Waals surface area contributed by atoms with Crippen LogP contribution in [0.2, 0.25) is 0 Å². The maximum atomic E-state index is 11.8. The van der Waals surface area contributed by atoms with Crippen molar-refractivity contribution in [1.82, 2.24) is 0 Å². The van der Waals surface area contributed by atoms with E-state index in [2.05, 4.69) is 17.1 Å². The molecule has 0 atom stereocenters. The Morgan fingerprint density at radius 2 is 2.21 bits per heavy atom. The Morgan fingerprint density at radius 3 is 2.79 bits per heavy atom. The Balaban J connectivity index is 2.88. The van der Waals surface area contributed by atoms with Gasteiger partial charge in [-0.15, -0.1) is 21.5 Å². The van der Waals surface area contributed by atoms with Gasteiger partial charge in [-0.3, -0.25) is 0 Å². The van der Waals surface area contributed by atoms with E-state index in [4.69, 9.17) is 16.3 Å². The molecule has 1 heterocycles. The molecule has 0 aromatic carbocycles. The van der Waals surface area contributed by atoms with Crippen molar-refractivity contribution >= 4 is 39.8 Å². The maximum absolute atomic E-state index is 11.8. The van der Waals surface area contributed by atoms with Crippen LogP contribution >= 0.6 is 22.9 Å². The summed E-state index contributed by atoms with van der Waals surface area (Å²) in [6, 6.07) is 3.65. The van der Waals surface area contributed by atoms with Gasteiger partial charge >= 0.3 is 5.97 Å². The Kier molecular flexibility index (Phi) is 7.36. The van der Waals surface area contributed by atoms with Crippen LogP contribution in [0.1, 0.15) is 38.0 Å². The first-order chi connectivity index (χ1) is 9.19. The Hall–Kier alpha value is -1.20. The standard InChI is InChI=1S/C13H17ClN2O2S/c1-3-5-8-11(14)15-16-12(13(17)18-4-2)10-7-6-9-19-10/h6-7,9H,3-5,8H2,1-2H3/b15-11+,16-12+. The van der Waals surface area contributed by atoms with Gasteiger partial charge in [0.1, 0.15) is 5.17 Å². The predicted octanol–water partition coefficient (Wildman–Crippen LogP) is 3.84. The molecule has 0 fully saturated rings. The molecule has 0 radical (unpaired) electrons. The predicted molar refractivity (Wildman–Crippen MR) is 80.3 cm³/mol. The highest BCUT2D eigenvalue weighted by Gasteiger charge is 2.16. The number of unbranched alkanes of at least 4 members (excludes halogenated alkanes) is 1. The first-order valence-electron chi connectivity index (χ1n) is 6.20. The Labute approximate surface area is 122 Å². The van der Waals surface area contributed by atoms with E-state index >= 15 is 0 Å². The number of rotatable bonds is 7. The molecule has 0 spiro atoms. The second-order valence-electron chi connectivity index (χ2n) is 3.73. The van der Waals surface area contributed by atoms with Crippen LogP contribution in [0, 0.1) is 0 Å². The van der Waals surface area contributed by atoms with Crippen LogP contribution in [0.15, 0.2) is 27.7 Å². The van der Waals surface area contributed by atoms with Crippen molar-refractivity contribution in [3.63, 3.8) is 0 Å². The van der Waals surface area contributed by atoms with Gasteiger partial charge in [-0.05, 0) is 24.8 Å². The molecule has 1 aromatic heterocycles. The molecule has 19 heavy (non-hydrogen) atoms. The van der Waals surface area contributed by atoms with E-state index in [-0.39, 0.29) is 5.71 Å². The molecule has 1 aromatic rings. The number of esters is 1. The zero-order chi connectivity index (χ0) is 14.1. The van der Waals surface area contributed by atoms with E-state index in [0.717, 1.165) is 17.7 Å². The molecule has 0 aliphatic carbocycles. The van der Waals surface area contributed by atoms with E-state index in [1.54, 1.807) is 13.0 Å². The normalized spacial score (nSPS) is 12.6. The summed E-state index contributed by atoms with van der Waals surface area (Å²) < 4.78 is 4.97. The molecule has 1 rings (SSSR count). The summed E-state index contributed by atoms with van der Waals surface area (Å²) in [4.78, 5) is 12.5. The minimum absolute atomic E-state index is 0.200. The molecule has 6 heteroatoms. The first kappa shape index (κ1) is 15.9. The summed E-state index contributed by atoms with van der Waals surface area (Å²) in [5, 5.41) is 10.1. The lowest BCUT2D eigenvalue weighted by atomic mass is 10.3. The zero-order valence-electron chi connectivity index (χ0n) is 11.1. The number of carbonyl (C=O) groups is 1. The highest BCUT2D eigenvalue weighted by molar-refractivity contribution is 7.13. The van der Waals surface area contributed by atoms with Gasteiger partial charge in [0, 0.05) is 6.42 Å². The largest absolute Gasteiger partial charge is 0.461 e. The number of hydrogen-bond donors (Lipinski definition) is 0. The minimum Gasteiger partial charge on any atom is -0.461 e. The highest BCUT2D eigenvalue weighted by Crippen LogP contribution is 2.12. The third kappa shape index (κ3) is 5.53. The smallest absolute Gasteiger partial charge is 0.360 e. The van der Waals surface area contributed by atoms with Crippen LogP contribution in [-0.2, 0) is 9.53 Å². The van der Waals surface area contributed by atoms with E-state index in [0.29, 0.717) is 18.2 Å². The number of thiophene rings is 1. The molecular weight excluding hydrogens is 284 g/mol. The summed E-state index contributed by atoms with van der Waals surface area (Å²) in [5.74, 6) is -0.478. The zero-order valence-corrected chi connectivity index (χ0v) is 12.6. The Bertz CT molecular complexity index is 455. The fourth-order valence-electron chi connectivity index (χ4n) is 1.28. The quantitative estimate of drug-likeness (QED) is 0.436. The molecular formula is C13H17ClN2O2S. The molecule has 0 aliphatic rings. The summed E-state index contributed by atoms with van der Waals surface area (Å²) in [7, 11) is 0. The number of carbonyl (C=O) groups excluding carboxylic acids is 1. The summed E-state index contributed by atoms with van der Waals surface area (Å²) >= 11 is 7.35. The van der Waals surface area contributed by atoms with Crippen LogP contribution in [0.25, 0.3) is 0 Å². The van der Waals surface area contributed by atoms with Gasteiger partial charge in [-0.1, -0.05) is 31.0 Å². The van der Waals surface area contributed by atoms with Gasteiger partial charge < -0.3 is 4.74 Å². The maximum Gasteiger partial charge on any atom is 0.360 e. The van der Waals surface area contributed by atoms with Crippen LogP contribution < -0.4 is 0 Å². The van der Waals surface area contributed by atoms with Gasteiger partial charge in [0.25, 0.3) is 0 Å². The number of halogens is 1. The van der Waals surface area contributed by atoms with E-state index in [1.165, 1.54) is 11.3 Å². The molecule has 0 amide bonds. The van der Waals surface area contributed by atoms with Gasteiger partial charge in [0.05, 0.1) is 11.5 Å². The summed E-state index contributed by atoms with van der Waals surface area (Å²) in [6.45, 7) is 4.13. The molecule has 0 unspecified atom stereocenters. The fraction of sp³-hybridized carbons (Fsp3) is 0.462. The van der Waals surface area contributed by atoms with Crippen molar-refractivity contribution in [3.8, 4) is 0 Å². The lowest BCUT2D eigenvalue weighted by Gasteiger charge is -2.02. The van der Waals surface area contributed by atoms with Crippen molar-refractivity contribution in [2.24, 2.45) is 10.2 Å². The second kappa shape index (κ2) is 8.82. The lowest BCUT2D eigenvalue weighted by Crippen LogP contribution is -2.17. The van der Waals surface area contributed by atoms with Crippen LogP contribution in [0.4, 0.5) is 0 Å². The topological polar surface area (TPSA) is 51.0 Å². The van der Waals surface area contributed by atoms with Crippen molar-refractivity contribution in [1.29, 1.82) is 0 Å². The molecule has 0 N–H and O–H groups in total. The van der Waals surface area contributed by atoms with Gasteiger partial charge in [-0.25, -0.2) is 4.79 Å². The van der Waals surface area contributed by atoms with Crippen LogP contribution in [0.3, 0.4) is 0 Å². The van der Waals surface area contributed by atoms with Crippen molar-refractivity contribution in [2.75, 3.05) is 6.61 Å². The van der Waals surface area contributed by atoms with Gasteiger partial charge in [0.2, 0.25) is 0 Å². The molecule has 104 valence electrons. The molecule has 4 nitrogen and oxygen atoms in total. The monoisotopic (exact) mass is 300 g/mol. The second-order valence-corrected chi connectivity index (χ2v) is 5.11. The van der Waals surface area contributed by atoms with Gasteiger partial charge in [-0.2, -0.15) is 0 Å². The average Bonchev–Trinajstić information content (AvgIpc) is 2.90. The number of hydrogen-bond acceptors (Lipinski definition) is 5. The first-order valence-corrected chi connectivity index (χ1v) is 7.45. The van der Waals surface area contributed by atoms with Crippen molar-refractivity contribution in [2.45, 2.75) is 33.1 Å². The van der Waals surface area contributed by atoms with E-state index < -0.39 is 5.97 Å². The summed E-state index contributed by atoms with van der Waals surface area (Å²) in [6.07, 6.45) is 2.65. The average molecular weight is 301 g/mol. The summed E-state index contributed by atoms with van der Waals surface area (Å²) in [5.41, 5.74) is 0.200. The van der Waals surface area contributed by atoms with E-state index in [9.17, 15) is 4.79 Å². The fourth-order valence-corrected chi connectivity index (χ4v) is 2.15. The van der Waals surface area contributed by atoms with Gasteiger partial charge in [0.15, 0.2) is 5.71 Å². The van der Waals surface area contributed by atoms with Crippen LogP contribution in [-0.4, -0.2) is 23.5 Å². The third-order valence-electron chi connectivity index (χ3n) is 2.22. The third-order valence-corrected chi connectivity index (χ3v) is 3.36. The van der Waals surface area contributed by atoms with Crippen LogP contribution in [0.5, 0.6) is 0 Å². The Morgan fingerprint density at radius 1 is 1.42 bits per heavy atom. The van der Waals surface area contributed by atoms with Crippen molar-refractivity contribution < 1.29 is 9.53 Å². The number of nitrogens with zero attached hydrogens (tertiary/aromatic N) is 2. The SMILES string of the molecule is CCCC/C(Cl)=N\N=C(\C(=O)OCC)c1cccs1. The van der Waals surface area contributed by atoms with E-state index in [1.807, 2.05) is 11.4 Å². The minimum atomic E-state index is -0.478.